The summed E-state index contributed by atoms with van der Waals surface area (Å²) in [5, 5.41) is 21.9. The van der Waals surface area contributed by atoms with Crippen LogP contribution in [0.3, 0.4) is 0 Å². The highest BCUT2D eigenvalue weighted by atomic mass is 16.4. The number of rotatable bonds is 14. The van der Waals surface area contributed by atoms with Crippen LogP contribution in [-0.2, 0) is 4.79 Å². The minimum Gasteiger partial charge on any atom is -0.481 e. The van der Waals surface area contributed by atoms with Crippen molar-refractivity contribution in [3.05, 3.63) is 30.3 Å². The van der Waals surface area contributed by atoms with E-state index in [0.717, 1.165) is 18.5 Å². The standard InChI is InChI=1S/C21H32N4O2/c1-2-3-4-5-6-7-8-9-10-14-17-25(19-15-12-11-13-16-19)23-20(22-24-25)18-21(26)27/h11-13,15-16H,2-10,14,17-18H2,1H3/p+1. The van der Waals surface area contributed by atoms with Crippen molar-refractivity contribution in [1.82, 2.24) is 4.70 Å². The van der Waals surface area contributed by atoms with Crippen molar-refractivity contribution in [3.63, 3.8) is 0 Å². The monoisotopic (exact) mass is 373 g/mol. The number of carboxylic acid groups (broad SMARTS) is 1. The summed E-state index contributed by atoms with van der Waals surface area (Å²) < 4.78 is 0.0421. The van der Waals surface area contributed by atoms with Crippen molar-refractivity contribution in [2.24, 2.45) is 15.4 Å². The van der Waals surface area contributed by atoms with Crippen LogP contribution in [0, 0.1) is 0 Å². The minimum absolute atomic E-state index is 0.0421. The summed E-state index contributed by atoms with van der Waals surface area (Å²) in [5.74, 6) is -0.641. The van der Waals surface area contributed by atoms with Crippen molar-refractivity contribution in [2.45, 2.75) is 77.6 Å². The summed E-state index contributed by atoms with van der Waals surface area (Å²) >= 11 is 0. The second-order valence-corrected chi connectivity index (χ2v) is 7.25. The SMILES string of the molecule is CCCCCCCCCCCC[N+]1(c2ccccc2)N=NC(CC(=O)O)=N1. The van der Waals surface area contributed by atoms with Gasteiger partial charge in [0.15, 0.2) is 5.69 Å². The Kier molecular flexibility index (Phi) is 9.11. The molecule has 1 atom stereocenters. The first-order valence-corrected chi connectivity index (χ1v) is 10.3. The summed E-state index contributed by atoms with van der Waals surface area (Å²) in [6.45, 7) is 2.96. The lowest BCUT2D eigenvalue weighted by Crippen LogP contribution is -2.37. The summed E-state index contributed by atoms with van der Waals surface area (Å²) in [4.78, 5) is 11.0. The average Bonchev–Trinajstić information content (AvgIpc) is 3.07. The molecule has 1 aliphatic heterocycles. The van der Waals surface area contributed by atoms with Gasteiger partial charge in [-0.2, -0.15) is 0 Å². The molecule has 0 aliphatic carbocycles. The van der Waals surface area contributed by atoms with Gasteiger partial charge < -0.3 is 5.11 Å². The first-order chi connectivity index (χ1) is 13.2. The van der Waals surface area contributed by atoms with Gasteiger partial charge in [-0.3, -0.25) is 4.79 Å². The number of para-hydroxylation sites is 1. The molecule has 1 aromatic rings. The quantitative estimate of drug-likeness (QED) is 0.317. The second kappa shape index (κ2) is 11.6. The van der Waals surface area contributed by atoms with Crippen LogP contribution in [0.5, 0.6) is 0 Å². The maximum Gasteiger partial charge on any atom is 0.311 e. The van der Waals surface area contributed by atoms with E-state index in [0.29, 0.717) is 12.4 Å². The van der Waals surface area contributed by atoms with E-state index < -0.39 is 5.97 Å². The van der Waals surface area contributed by atoms with Gasteiger partial charge in [-0.25, -0.2) is 0 Å². The normalized spacial score (nSPS) is 18.6. The van der Waals surface area contributed by atoms with Crippen LogP contribution in [0.2, 0.25) is 0 Å². The van der Waals surface area contributed by atoms with Gasteiger partial charge >= 0.3 is 5.97 Å². The zero-order valence-corrected chi connectivity index (χ0v) is 16.5. The van der Waals surface area contributed by atoms with Gasteiger partial charge in [0.2, 0.25) is 5.84 Å². The Bertz CT molecular complexity index is 630. The van der Waals surface area contributed by atoms with E-state index in [4.69, 9.17) is 5.11 Å². The van der Waals surface area contributed by atoms with Crippen molar-refractivity contribution < 1.29 is 9.90 Å². The fourth-order valence-electron chi connectivity index (χ4n) is 3.38. The molecule has 2 rings (SSSR count). The lowest BCUT2D eigenvalue weighted by atomic mass is 10.1. The van der Waals surface area contributed by atoms with Crippen LogP contribution >= 0.6 is 0 Å². The number of carboxylic acids is 1. The van der Waals surface area contributed by atoms with Gasteiger partial charge in [0.1, 0.15) is 13.0 Å². The number of nitrogens with zero attached hydrogens (tertiary/aromatic N) is 4. The molecule has 0 spiro atoms. The Morgan fingerprint density at radius 3 is 2.11 bits per heavy atom. The van der Waals surface area contributed by atoms with E-state index in [2.05, 4.69) is 22.4 Å². The molecule has 0 saturated carbocycles. The number of amidine groups is 1. The highest BCUT2D eigenvalue weighted by Gasteiger charge is 2.37. The maximum absolute atomic E-state index is 11.0. The van der Waals surface area contributed by atoms with Crippen molar-refractivity contribution in [2.75, 3.05) is 6.54 Å². The number of quaternary nitrogens is 1. The largest absolute Gasteiger partial charge is 0.481 e. The molecule has 6 nitrogen and oxygen atoms in total. The van der Waals surface area contributed by atoms with Gasteiger partial charge in [0.25, 0.3) is 0 Å². The number of carbonyl (C=O) groups is 1. The first kappa shape index (κ1) is 21.2. The third kappa shape index (κ3) is 7.21. The molecule has 0 saturated heterocycles. The lowest BCUT2D eigenvalue weighted by Gasteiger charge is -2.20. The van der Waals surface area contributed by atoms with Crippen LogP contribution in [-0.4, -0.2) is 23.5 Å². The Balaban J connectivity index is 1.79. The zero-order chi connectivity index (χ0) is 19.4. The molecule has 0 bridgehead atoms. The van der Waals surface area contributed by atoms with E-state index in [-0.39, 0.29) is 11.1 Å². The Morgan fingerprint density at radius 1 is 0.926 bits per heavy atom. The molecule has 148 valence electrons. The Morgan fingerprint density at radius 2 is 1.52 bits per heavy atom. The van der Waals surface area contributed by atoms with E-state index in [1.807, 2.05) is 30.3 Å². The predicted octanol–water partition coefficient (Wildman–Crippen LogP) is 6.08. The van der Waals surface area contributed by atoms with Crippen molar-refractivity contribution in [3.8, 4) is 0 Å². The van der Waals surface area contributed by atoms with E-state index in [1.54, 1.807) is 0 Å². The highest BCUT2D eigenvalue weighted by molar-refractivity contribution is 5.97. The molecule has 1 heterocycles. The molecule has 1 aliphatic rings. The smallest absolute Gasteiger partial charge is 0.311 e. The minimum atomic E-state index is -0.931. The van der Waals surface area contributed by atoms with Crippen molar-refractivity contribution >= 4 is 17.5 Å². The molecular formula is C21H33N4O2+. The van der Waals surface area contributed by atoms with Crippen LogP contribution in [0.4, 0.5) is 5.69 Å². The molecule has 0 fully saturated rings. The first-order valence-electron chi connectivity index (χ1n) is 10.3. The van der Waals surface area contributed by atoms with E-state index >= 15 is 0 Å². The summed E-state index contributed by atoms with van der Waals surface area (Å²) in [6, 6.07) is 9.81. The summed E-state index contributed by atoms with van der Waals surface area (Å²) in [6.07, 6.45) is 12.5. The summed E-state index contributed by atoms with van der Waals surface area (Å²) in [7, 11) is 0. The van der Waals surface area contributed by atoms with Gasteiger partial charge in [-0.05, 0) is 16.2 Å². The molecule has 0 aromatic heterocycles. The predicted molar refractivity (Wildman–Crippen MR) is 109 cm³/mol. The number of hydrogen-bond acceptors (Lipinski definition) is 4. The molecule has 1 N–H and O–H groups in total. The molecule has 6 heteroatoms. The maximum atomic E-state index is 11.0. The molecule has 27 heavy (non-hydrogen) atoms. The zero-order valence-electron chi connectivity index (χ0n) is 16.5. The summed E-state index contributed by atoms with van der Waals surface area (Å²) in [5.41, 5.74) is 0.928. The van der Waals surface area contributed by atoms with Crippen LogP contribution < -0.4 is 4.70 Å². The Hall–Kier alpha value is -2.08. The number of unbranched alkanes of at least 4 members (excludes halogenated alkanes) is 9. The third-order valence-corrected chi connectivity index (χ3v) is 4.89. The molecule has 0 amide bonds. The van der Waals surface area contributed by atoms with Gasteiger partial charge in [-0.15, -0.1) is 0 Å². The van der Waals surface area contributed by atoms with Crippen LogP contribution in [0.25, 0.3) is 0 Å². The fraction of sp³-hybridized carbons (Fsp3) is 0.619. The molecule has 0 radical (unpaired) electrons. The van der Waals surface area contributed by atoms with Crippen molar-refractivity contribution in [1.29, 1.82) is 0 Å². The van der Waals surface area contributed by atoms with Gasteiger partial charge in [0, 0.05) is 18.6 Å². The van der Waals surface area contributed by atoms with Gasteiger partial charge in [0.05, 0.1) is 5.22 Å². The average molecular weight is 374 g/mol. The van der Waals surface area contributed by atoms with Crippen LogP contribution in [0.15, 0.2) is 45.8 Å². The molecular weight excluding hydrogens is 340 g/mol. The third-order valence-electron chi connectivity index (χ3n) is 4.89. The second-order valence-electron chi connectivity index (χ2n) is 7.25. The van der Waals surface area contributed by atoms with E-state index in [1.165, 1.54) is 51.4 Å². The van der Waals surface area contributed by atoms with Crippen LogP contribution in [0.1, 0.15) is 77.6 Å². The fourth-order valence-corrected chi connectivity index (χ4v) is 3.38. The van der Waals surface area contributed by atoms with E-state index in [9.17, 15) is 4.79 Å². The highest BCUT2D eigenvalue weighted by Crippen LogP contribution is 2.30. The number of hydrogen-bond donors (Lipinski definition) is 1. The molecule has 1 unspecified atom stereocenters. The lowest BCUT2D eigenvalue weighted by molar-refractivity contribution is -0.135. The topological polar surface area (TPSA) is 74.4 Å². The number of benzene rings is 1. The Labute approximate surface area is 162 Å². The van der Waals surface area contributed by atoms with Gasteiger partial charge in [-0.1, -0.05) is 81.6 Å². The molecule has 1 aromatic carbocycles. The number of aliphatic carboxylic acids is 1.